The van der Waals surface area contributed by atoms with Gasteiger partial charge >= 0.3 is 0 Å². The molecule has 0 aliphatic heterocycles. The van der Waals surface area contributed by atoms with Crippen LogP contribution in [0.5, 0.6) is 0 Å². The number of carbonyl (C=O) groups is 1. The van der Waals surface area contributed by atoms with E-state index in [-0.39, 0.29) is 5.91 Å². The Labute approximate surface area is 127 Å². The summed E-state index contributed by atoms with van der Waals surface area (Å²) in [6, 6.07) is 4.43. The van der Waals surface area contributed by atoms with Gasteiger partial charge in [-0.1, -0.05) is 38.7 Å². The van der Waals surface area contributed by atoms with Crippen LogP contribution in [0.15, 0.2) is 18.3 Å². The second-order valence-electron chi connectivity index (χ2n) is 5.82. The lowest BCUT2D eigenvalue weighted by Gasteiger charge is -2.16. The molecule has 0 radical (unpaired) electrons. The first-order chi connectivity index (χ1) is 10.3. The molecule has 2 rings (SSSR count). The first-order valence-corrected chi connectivity index (χ1v) is 8.22. The van der Waals surface area contributed by atoms with E-state index in [4.69, 9.17) is 0 Å². The maximum absolute atomic E-state index is 12.0. The second kappa shape index (κ2) is 8.78. The summed E-state index contributed by atoms with van der Waals surface area (Å²) in [7, 11) is 0. The molecule has 0 atom stereocenters. The number of hydrogen-bond acceptors (Lipinski definition) is 3. The highest BCUT2D eigenvalue weighted by Gasteiger charge is 2.14. The van der Waals surface area contributed by atoms with Gasteiger partial charge in [-0.15, -0.1) is 0 Å². The van der Waals surface area contributed by atoms with Crippen molar-refractivity contribution in [2.75, 3.05) is 6.54 Å². The molecule has 0 spiro atoms. The molecular weight excluding hydrogens is 262 g/mol. The van der Waals surface area contributed by atoms with Gasteiger partial charge in [0.05, 0.1) is 12.2 Å². The predicted molar refractivity (Wildman–Crippen MR) is 85.0 cm³/mol. The summed E-state index contributed by atoms with van der Waals surface area (Å²) in [6.07, 6.45) is 10.1. The molecule has 1 aromatic rings. The van der Waals surface area contributed by atoms with E-state index in [0.717, 1.165) is 25.0 Å². The number of rotatable bonds is 6. The fourth-order valence-electron chi connectivity index (χ4n) is 2.95. The van der Waals surface area contributed by atoms with Crippen LogP contribution < -0.4 is 10.6 Å². The highest BCUT2D eigenvalue weighted by molar-refractivity contribution is 5.78. The molecule has 2 N–H and O–H groups in total. The zero-order valence-electron chi connectivity index (χ0n) is 13.0. The predicted octanol–water partition coefficient (Wildman–Crippen LogP) is 2.57. The smallest absolute Gasteiger partial charge is 0.234 e. The van der Waals surface area contributed by atoms with Crippen molar-refractivity contribution in [2.45, 2.75) is 64.5 Å². The van der Waals surface area contributed by atoms with Crippen LogP contribution in [0.2, 0.25) is 0 Å². The lowest BCUT2D eigenvalue weighted by Crippen LogP contribution is -2.40. The number of carbonyl (C=O) groups excluding carboxylic acids is 1. The topological polar surface area (TPSA) is 54.0 Å². The molecule has 1 aromatic heterocycles. The molecule has 0 unspecified atom stereocenters. The van der Waals surface area contributed by atoms with Gasteiger partial charge in [0, 0.05) is 18.8 Å². The summed E-state index contributed by atoms with van der Waals surface area (Å²) in [5.74, 6) is 0.107. The van der Waals surface area contributed by atoms with Gasteiger partial charge in [0.15, 0.2) is 0 Å². The van der Waals surface area contributed by atoms with Crippen LogP contribution in [0.1, 0.15) is 56.7 Å². The Balaban J connectivity index is 1.71. The zero-order chi connectivity index (χ0) is 14.9. The van der Waals surface area contributed by atoms with Gasteiger partial charge in [-0.2, -0.15) is 0 Å². The molecule has 0 saturated heterocycles. The Morgan fingerprint density at radius 1 is 1.29 bits per heavy atom. The molecule has 1 aliphatic carbocycles. The summed E-state index contributed by atoms with van der Waals surface area (Å²) in [6.45, 7) is 3.15. The minimum absolute atomic E-state index is 0.107. The molecular formula is C17H27N3O. The van der Waals surface area contributed by atoms with Crippen LogP contribution in [-0.4, -0.2) is 23.5 Å². The third-order valence-electron chi connectivity index (χ3n) is 4.16. The maximum atomic E-state index is 12.0. The quantitative estimate of drug-likeness (QED) is 0.791. The molecule has 0 bridgehead atoms. The number of nitrogens with one attached hydrogen (secondary N) is 2. The maximum Gasteiger partial charge on any atom is 0.234 e. The first-order valence-electron chi connectivity index (χ1n) is 8.22. The highest BCUT2D eigenvalue weighted by Crippen LogP contribution is 2.16. The molecule has 1 amide bonds. The molecule has 1 heterocycles. The van der Waals surface area contributed by atoms with Gasteiger partial charge in [0.2, 0.25) is 5.91 Å². The van der Waals surface area contributed by atoms with Crippen molar-refractivity contribution in [3.05, 3.63) is 29.6 Å². The van der Waals surface area contributed by atoms with Crippen molar-refractivity contribution < 1.29 is 4.79 Å². The lowest BCUT2D eigenvalue weighted by molar-refractivity contribution is -0.121. The fourth-order valence-corrected chi connectivity index (χ4v) is 2.95. The van der Waals surface area contributed by atoms with Crippen molar-refractivity contribution in [1.29, 1.82) is 0 Å². The zero-order valence-corrected chi connectivity index (χ0v) is 13.0. The van der Waals surface area contributed by atoms with Gasteiger partial charge in [0.1, 0.15) is 0 Å². The number of aryl methyl sites for hydroxylation is 1. The van der Waals surface area contributed by atoms with Crippen molar-refractivity contribution in [2.24, 2.45) is 0 Å². The van der Waals surface area contributed by atoms with Crippen molar-refractivity contribution in [1.82, 2.24) is 15.6 Å². The first kappa shape index (κ1) is 16.0. The SMILES string of the molecule is CCc1cccnc1CNCC(=O)NC1CCCCCC1. The highest BCUT2D eigenvalue weighted by atomic mass is 16.1. The van der Waals surface area contributed by atoms with E-state index < -0.39 is 0 Å². The van der Waals surface area contributed by atoms with Crippen LogP contribution in [-0.2, 0) is 17.8 Å². The Morgan fingerprint density at radius 2 is 2.05 bits per heavy atom. The van der Waals surface area contributed by atoms with E-state index in [1.807, 2.05) is 12.3 Å². The van der Waals surface area contributed by atoms with Gasteiger partial charge < -0.3 is 10.6 Å². The molecule has 21 heavy (non-hydrogen) atoms. The Bertz CT molecular complexity index is 439. The molecule has 4 nitrogen and oxygen atoms in total. The van der Waals surface area contributed by atoms with Crippen molar-refractivity contribution >= 4 is 5.91 Å². The number of hydrogen-bond donors (Lipinski definition) is 2. The number of aromatic nitrogens is 1. The summed E-state index contributed by atoms with van der Waals surface area (Å²) in [4.78, 5) is 16.4. The Kier molecular flexibility index (Phi) is 6.67. The van der Waals surface area contributed by atoms with E-state index in [0.29, 0.717) is 19.1 Å². The number of amides is 1. The molecule has 1 aliphatic rings. The lowest BCUT2D eigenvalue weighted by atomic mass is 10.1. The van der Waals surface area contributed by atoms with Crippen LogP contribution in [0.4, 0.5) is 0 Å². The van der Waals surface area contributed by atoms with E-state index in [1.165, 1.54) is 31.2 Å². The third-order valence-corrected chi connectivity index (χ3v) is 4.16. The fraction of sp³-hybridized carbons (Fsp3) is 0.647. The van der Waals surface area contributed by atoms with E-state index >= 15 is 0 Å². The van der Waals surface area contributed by atoms with Crippen molar-refractivity contribution in [3.63, 3.8) is 0 Å². The van der Waals surface area contributed by atoms with E-state index in [2.05, 4.69) is 28.6 Å². The number of nitrogens with zero attached hydrogens (tertiary/aromatic N) is 1. The van der Waals surface area contributed by atoms with Gasteiger partial charge in [-0.25, -0.2) is 0 Å². The molecule has 1 saturated carbocycles. The molecule has 1 fully saturated rings. The molecule has 0 aromatic carbocycles. The summed E-state index contributed by atoms with van der Waals surface area (Å²) < 4.78 is 0. The minimum atomic E-state index is 0.107. The standard InChI is InChI=1S/C17H27N3O/c1-2-14-8-7-11-19-16(14)12-18-13-17(21)20-15-9-5-3-4-6-10-15/h7-8,11,15,18H,2-6,9-10,12-13H2,1H3,(H,20,21). The average molecular weight is 289 g/mol. The van der Waals surface area contributed by atoms with Gasteiger partial charge in [-0.05, 0) is 30.9 Å². The largest absolute Gasteiger partial charge is 0.352 e. The molecule has 4 heteroatoms. The minimum Gasteiger partial charge on any atom is -0.352 e. The van der Waals surface area contributed by atoms with Crippen LogP contribution >= 0.6 is 0 Å². The van der Waals surface area contributed by atoms with Gasteiger partial charge in [0.25, 0.3) is 0 Å². The van der Waals surface area contributed by atoms with Gasteiger partial charge in [-0.3, -0.25) is 9.78 Å². The van der Waals surface area contributed by atoms with E-state index in [9.17, 15) is 4.79 Å². The summed E-state index contributed by atoms with van der Waals surface area (Å²) >= 11 is 0. The summed E-state index contributed by atoms with van der Waals surface area (Å²) in [5.41, 5.74) is 2.29. The Morgan fingerprint density at radius 3 is 2.76 bits per heavy atom. The monoisotopic (exact) mass is 289 g/mol. The average Bonchev–Trinajstić information content (AvgIpc) is 2.76. The summed E-state index contributed by atoms with van der Waals surface area (Å²) in [5, 5.41) is 6.36. The third kappa shape index (κ3) is 5.46. The normalized spacial score (nSPS) is 16.4. The second-order valence-corrected chi connectivity index (χ2v) is 5.82. The van der Waals surface area contributed by atoms with Crippen LogP contribution in [0, 0.1) is 0 Å². The van der Waals surface area contributed by atoms with Crippen LogP contribution in [0.25, 0.3) is 0 Å². The molecule has 116 valence electrons. The van der Waals surface area contributed by atoms with Crippen LogP contribution in [0.3, 0.4) is 0 Å². The number of pyridine rings is 1. The van der Waals surface area contributed by atoms with E-state index in [1.54, 1.807) is 0 Å². The Hall–Kier alpha value is -1.42. The van der Waals surface area contributed by atoms with Crippen molar-refractivity contribution in [3.8, 4) is 0 Å².